The van der Waals surface area contributed by atoms with Crippen molar-refractivity contribution in [2.45, 2.75) is 39.8 Å². The molecule has 0 saturated carbocycles. The maximum atomic E-state index is 4.47. The molecular weight excluding hydrogens is 417 g/mol. The number of rotatable bonds is 6. The topological polar surface area (TPSA) is 72.1 Å². The van der Waals surface area contributed by atoms with Crippen molar-refractivity contribution in [3.8, 4) is 0 Å². The number of aromatic nitrogens is 4. The van der Waals surface area contributed by atoms with Gasteiger partial charge in [0, 0.05) is 44.8 Å². The van der Waals surface area contributed by atoms with Crippen molar-refractivity contribution in [1.29, 1.82) is 0 Å². The summed E-state index contributed by atoms with van der Waals surface area (Å²) in [5.41, 5.74) is 3.62. The minimum Gasteiger partial charge on any atom is -0.355 e. The first-order chi connectivity index (χ1) is 11.0. The van der Waals surface area contributed by atoms with E-state index in [2.05, 4.69) is 46.6 Å². The summed E-state index contributed by atoms with van der Waals surface area (Å²) < 4.78 is 3.83. The molecule has 0 amide bonds. The van der Waals surface area contributed by atoms with Crippen molar-refractivity contribution in [3.05, 3.63) is 35.4 Å². The van der Waals surface area contributed by atoms with Gasteiger partial charge in [-0.3, -0.25) is 14.4 Å². The van der Waals surface area contributed by atoms with E-state index >= 15 is 0 Å². The molecule has 24 heavy (non-hydrogen) atoms. The molecule has 1 atom stereocenters. The van der Waals surface area contributed by atoms with Crippen LogP contribution < -0.4 is 10.6 Å². The van der Waals surface area contributed by atoms with Gasteiger partial charge >= 0.3 is 0 Å². The predicted molar refractivity (Wildman–Crippen MR) is 108 cm³/mol. The van der Waals surface area contributed by atoms with Crippen LogP contribution in [0.3, 0.4) is 0 Å². The third-order valence-electron chi connectivity index (χ3n) is 3.97. The molecule has 2 N–H and O–H groups in total. The molecule has 0 radical (unpaired) electrons. The molecule has 2 heterocycles. The normalized spacial score (nSPS) is 12.6. The van der Waals surface area contributed by atoms with Gasteiger partial charge in [0.05, 0.1) is 12.2 Å². The van der Waals surface area contributed by atoms with E-state index < -0.39 is 0 Å². The lowest BCUT2D eigenvalue weighted by Gasteiger charge is -2.18. The molecule has 0 saturated heterocycles. The number of aryl methyl sites for hydroxylation is 2. The number of halogens is 1. The fourth-order valence-electron chi connectivity index (χ4n) is 2.62. The predicted octanol–water partition coefficient (Wildman–Crippen LogP) is 1.65. The van der Waals surface area contributed by atoms with Gasteiger partial charge in [-0.25, -0.2) is 0 Å². The van der Waals surface area contributed by atoms with Crippen LogP contribution in [0.1, 0.15) is 23.9 Å². The molecule has 1 unspecified atom stereocenters. The standard InChI is InChI=1S/C16H27N7.HI/c1-12(11-15-13(2)21-22(5)14(15)3)20-16(17-4)18-8-10-23-9-6-7-19-23;/h6-7,9,12H,8,10-11H2,1-5H3,(H2,17,18,20);1H. The molecule has 0 aromatic carbocycles. The number of guanidine groups is 1. The first-order valence-electron chi connectivity index (χ1n) is 7.95. The Morgan fingerprint density at radius 1 is 1.38 bits per heavy atom. The number of hydrogen-bond donors (Lipinski definition) is 2. The first kappa shape index (κ1) is 20.5. The highest BCUT2D eigenvalue weighted by Crippen LogP contribution is 2.13. The van der Waals surface area contributed by atoms with Gasteiger partial charge in [-0.1, -0.05) is 0 Å². The van der Waals surface area contributed by atoms with E-state index in [1.807, 2.05) is 28.7 Å². The largest absolute Gasteiger partial charge is 0.355 e. The minimum atomic E-state index is 0. The summed E-state index contributed by atoms with van der Waals surface area (Å²) >= 11 is 0. The van der Waals surface area contributed by atoms with E-state index in [0.717, 1.165) is 31.2 Å². The summed E-state index contributed by atoms with van der Waals surface area (Å²) in [6, 6.07) is 2.20. The highest BCUT2D eigenvalue weighted by atomic mass is 127. The molecule has 0 fully saturated rings. The van der Waals surface area contributed by atoms with Crippen molar-refractivity contribution in [1.82, 2.24) is 30.2 Å². The van der Waals surface area contributed by atoms with Crippen molar-refractivity contribution in [3.63, 3.8) is 0 Å². The van der Waals surface area contributed by atoms with Crippen molar-refractivity contribution < 1.29 is 0 Å². The fraction of sp³-hybridized carbons (Fsp3) is 0.562. The van der Waals surface area contributed by atoms with Crippen LogP contribution in [-0.2, 0) is 20.0 Å². The third-order valence-corrected chi connectivity index (χ3v) is 3.97. The average Bonchev–Trinajstić information content (AvgIpc) is 3.11. The van der Waals surface area contributed by atoms with Crippen LogP contribution in [0.25, 0.3) is 0 Å². The van der Waals surface area contributed by atoms with Crippen LogP contribution >= 0.6 is 24.0 Å². The summed E-state index contributed by atoms with van der Waals surface area (Å²) in [5.74, 6) is 0.809. The van der Waals surface area contributed by atoms with Crippen LogP contribution in [0.2, 0.25) is 0 Å². The highest BCUT2D eigenvalue weighted by molar-refractivity contribution is 14.0. The second-order valence-corrected chi connectivity index (χ2v) is 5.79. The Balaban J connectivity index is 0.00000288. The number of nitrogens with one attached hydrogen (secondary N) is 2. The van der Waals surface area contributed by atoms with Gasteiger partial charge in [-0.2, -0.15) is 10.2 Å². The van der Waals surface area contributed by atoms with E-state index in [0.29, 0.717) is 0 Å². The van der Waals surface area contributed by atoms with E-state index in [9.17, 15) is 0 Å². The van der Waals surface area contributed by atoms with Gasteiger partial charge in [0.25, 0.3) is 0 Å². The van der Waals surface area contributed by atoms with Crippen molar-refractivity contribution in [2.24, 2.45) is 12.0 Å². The number of hydrogen-bond acceptors (Lipinski definition) is 3. The molecule has 2 aromatic rings. The Hall–Kier alpha value is -1.58. The van der Waals surface area contributed by atoms with Gasteiger partial charge in [0.1, 0.15) is 0 Å². The smallest absolute Gasteiger partial charge is 0.191 e. The Morgan fingerprint density at radius 2 is 2.12 bits per heavy atom. The molecule has 0 spiro atoms. The molecule has 0 bridgehead atoms. The van der Waals surface area contributed by atoms with Crippen LogP contribution in [0.4, 0.5) is 0 Å². The lowest BCUT2D eigenvalue weighted by atomic mass is 10.1. The zero-order valence-corrected chi connectivity index (χ0v) is 17.4. The van der Waals surface area contributed by atoms with E-state index in [1.54, 1.807) is 13.2 Å². The lowest BCUT2D eigenvalue weighted by Crippen LogP contribution is -2.44. The van der Waals surface area contributed by atoms with E-state index in [4.69, 9.17) is 0 Å². The second kappa shape index (κ2) is 9.65. The molecule has 0 aliphatic carbocycles. The molecule has 7 nitrogen and oxygen atoms in total. The molecule has 0 aliphatic heterocycles. The van der Waals surface area contributed by atoms with Crippen LogP contribution in [0.5, 0.6) is 0 Å². The molecule has 0 aliphatic rings. The molecule has 2 aromatic heterocycles. The van der Waals surface area contributed by atoms with Crippen molar-refractivity contribution in [2.75, 3.05) is 13.6 Å². The molecular formula is C16H28IN7. The van der Waals surface area contributed by atoms with E-state index in [1.165, 1.54) is 11.3 Å². The Morgan fingerprint density at radius 3 is 2.67 bits per heavy atom. The first-order valence-corrected chi connectivity index (χ1v) is 7.95. The summed E-state index contributed by atoms with van der Waals surface area (Å²) in [7, 11) is 3.77. The summed E-state index contributed by atoms with van der Waals surface area (Å²) in [5, 5.41) is 15.4. The highest BCUT2D eigenvalue weighted by Gasteiger charge is 2.13. The summed E-state index contributed by atoms with van der Waals surface area (Å²) in [4.78, 5) is 4.28. The average molecular weight is 445 g/mol. The summed E-state index contributed by atoms with van der Waals surface area (Å²) in [6.45, 7) is 7.92. The van der Waals surface area contributed by atoms with E-state index in [-0.39, 0.29) is 30.0 Å². The van der Waals surface area contributed by atoms with Gasteiger partial charge in [0.2, 0.25) is 0 Å². The number of nitrogens with zero attached hydrogens (tertiary/aromatic N) is 5. The zero-order valence-electron chi connectivity index (χ0n) is 15.1. The third kappa shape index (κ3) is 5.50. The number of aliphatic imine (C=N–C) groups is 1. The second-order valence-electron chi connectivity index (χ2n) is 5.79. The molecule has 8 heteroatoms. The SMILES string of the molecule is CN=C(NCCn1cccn1)NC(C)Cc1c(C)nn(C)c1C.I. The van der Waals surface area contributed by atoms with Gasteiger partial charge in [0.15, 0.2) is 5.96 Å². The Bertz CT molecular complexity index is 646. The van der Waals surface area contributed by atoms with Gasteiger partial charge < -0.3 is 10.6 Å². The monoisotopic (exact) mass is 445 g/mol. The van der Waals surface area contributed by atoms with Crippen LogP contribution in [0.15, 0.2) is 23.5 Å². The molecule has 2 rings (SSSR count). The quantitative estimate of drug-likeness (QED) is 0.403. The zero-order chi connectivity index (χ0) is 16.8. The van der Waals surface area contributed by atoms with Gasteiger partial charge in [-0.05, 0) is 38.8 Å². The maximum absolute atomic E-state index is 4.47. The summed E-state index contributed by atoms with van der Waals surface area (Å²) in [6.07, 6.45) is 4.66. The van der Waals surface area contributed by atoms with Crippen LogP contribution in [-0.4, -0.2) is 45.2 Å². The van der Waals surface area contributed by atoms with Crippen LogP contribution in [0, 0.1) is 13.8 Å². The fourth-order valence-corrected chi connectivity index (χ4v) is 2.62. The molecule has 134 valence electrons. The lowest BCUT2D eigenvalue weighted by molar-refractivity contribution is 0.585. The van der Waals surface area contributed by atoms with Gasteiger partial charge in [-0.15, -0.1) is 24.0 Å². The minimum absolute atomic E-state index is 0. The maximum Gasteiger partial charge on any atom is 0.191 e. The van der Waals surface area contributed by atoms with Crippen molar-refractivity contribution >= 4 is 29.9 Å². The Labute approximate surface area is 160 Å². The Kier molecular flexibility index (Phi) is 8.23.